The van der Waals surface area contributed by atoms with Crippen LogP contribution in [0.2, 0.25) is 5.02 Å². The number of urea groups is 1. The number of nitrogens with one attached hydrogen (secondary N) is 2. The fourth-order valence-corrected chi connectivity index (χ4v) is 4.63. The second-order valence-electron chi connectivity index (χ2n) is 8.31. The summed E-state index contributed by atoms with van der Waals surface area (Å²) in [6.45, 7) is 4.30. The Kier molecular flexibility index (Phi) is 5.47. The Bertz CT molecular complexity index is 964. The average molecular weight is 428 g/mol. The molecule has 2 aromatic rings. The van der Waals surface area contributed by atoms with Gasteiger partial charge >= 0.3 is 6.03 Å². The molecule has 1 saturated carbocycles. The van der Waals surface area contributed by atoms with Gasteiger partial charge in [-0.25, -0.2) is 4.79 Å². The summed E-state index contributed by atoms with van der Waals surface area (Å²) in [6.07, 6.45) is 2.99. The molecule has 2 aromatic carbocycles. The van der Waals surface area contributed by atoms with Gasteiger partial charge in [0.2, 0.25) is 0 Å². The average Bonchev–Trinajstić information content (AvgIpc) is 2.72. The number of amides is 3. The maximum atomic E-state index is 13.6. The largest absolute Gasteiger partial charge is 0.359 e. The zero-order chi connectivity index (χ0) is 21.5. The summed E-state index contributed by atoms with van der Waals surface area (Å²) in [5.74, 6) is 0.154. The number of hydrogen-bond donors (Lipinski definition) is 3. The van der Waals surface area contributed by atoms with Gasteiger partial charge in [0.25, 0.3) is 11.6 Å². The highest BCUT2D eigenvalue weighted by molar-refractivity contribution is 6.30. The molecule has 4 atom stereocenters. The molecule has 0 radical (unpaired) electrons. The van der Waals surface area contributed by atoms with Gasteiger partial charge in [-0.05, 0) is 48.6 Å². The minimum absolute atomic E-state index is 0.0607. The van der Waals surface area contributed by atoms with Crippen LogP contribution in [0.15, 0.2) is 48.5 Å². The Labute approximate surface area is 181 Å². The number of anilines is 2. The first-order valence-corrected chi connectivity index (χ1v) is 10.7. The van der Waals surface area contributed by atoms with Crippen LogP contribution in [0.25, 0.3) is 0 Å². The number of benzene rings is 2. The SMILES string of the molecule is CC1CCCC(NC(=O)C2(O)c3ccccc3NC(=O)N2c2ccc(Cl)cc2)C1C. The molecule has 6 nitrogen and oxygen atoms in total. The van der Waals surface area contributed by atoms with Crippen LogP contribution < -0.4 is 15.5 Å². The molecule has 1 aliphatic carbocycles. The third-order valence-electron chi connectivity index (χ3n) is 6.50. The van der Waals surface area contributed by atoms with E-state index in [1.165, 1.54) is 0 Å². The summed E-state index contributed by atoms with van der Waals surface area (Å²) >= 11 is 6.00. The Morgan fingerprint density at radius 1 is 1.17 bits per heavy atom. The predicted octanol–water partition coefficient (Wildman–Crippen LogP) is 4.48. The lowest BCUT2D eigenvalue weighted by Gasteiger charge is -2.44. The molecular weight excluding hydrogens is 402 g/mol. The van der Waals surface area contributed by atoms with Crippen molar-refractivity contribution in [2.45, 2.75) is 44.9 Å². The lowest BCUT2D eigenvalue weighted by molar-refractivity contribution is -0.141. The van der Waals surface area contributed by atoms with Crippen molar-refractivity contribution >= 4 is 34.9 Å². The van der Waals surface area contributed by atoms with Crippen molar-refractivity contribution in [1.82, 2.24) is 5.32 Å². The lowest BCUT2D eigenvalue weighted by Crippen LogP contribution is -2.64. The van der Waals surface area contributed by atoms with E-state index in [-0.39, 0.29) is 12.0 Å². The summed E-state index contributed by atoms with van der Waals surface area (Å²) in [6, 6.07) is 12.6. The number of rotatable bonds is 3. The van der Waals surface area contributed by atoms with Crippen molar-refractivity contribution in [2.75, 3.05) is 10.2 Å². The Morgan fingerprint density at radius 2 is 1.87 bits per heavy atom. The highest BCUT2D eigenvalue weighted by atomic mass is 35.5. The Morgan fingerprint density at radius 3 is 2.60 bits per heavy atom. The van der Waals surface area contributed by atoms with Gasteiger partial charge in [-0.15, -0.1) is 0 Å². The topological polar surface area (TPSA) is 81.7 Å². The molecule has 1 aliphatic heterocycles. The van der Waals surface area contributed by atoms with Crippen molar-refractivity contribution in [2.24, 2.45) is 11.8 Å². The number of aliphatic hydroxyl groups is 1. The summed E-state index contributed by atoms with van der Waals surface area (Å²) in [5.41, 5.74) is -1.08. The Balaban J connectivity index is 1.77. The van der Waals surface area contributed by atoms with Crippen LogP contribution in [0.4, 0.5) is 16.2 Å². The first-order chi connectivity index (χ1) is 14.3. The molecular formula is C23H26ClN3O3. The van der Waals surface area contributed by atoms with Crippen LogP contribution >= 0.6 is 11.6 Å². The molecule has 0 bridgehead atoms. The number of halogens is 1. The van der Waals surface area contributed by atoms with Crippen LogP contribution in [0, 0.1) is 11.8 Å². The smallest absolute Gasteiger partial charge is 0.329 e. The molecule has 1 fully saturated rings. The number of fused-ring (bicyclic) bond motifs is 1. The van der Waals surface area contributed by atoms with Crippen molar-refractivity contribution in [3.8, 4) is 0 Å². The van der Waals surface area contributed by atoms with Gasteiger partial charge in [0.15, 0.2) is 0 Å². The van der Waals surface area contributed by atoms with Crippen LogP contribution in [-0.4, -0.2) is 23.1 Å². The van der Waals surface area contributed by atoms with Crippen molar-refractivity contribution in [1.29, 1.82) is 0 Å². The molecule has 1 heterocycles. The van der Waals surface area contributed by atoms with E-state index in [4.69, 9.17) is 11.6 Å². The van der Waals surface area contributed by atoms with Crippen LogP contribution in [0.1, 0.15) is 38.7 Å². The summed E-state index contributed by atoms with van der Waals surface area (Å²) in [4.78, 5) is 27.7. The molecule has 2 aliphatic rings. The number of carbonyl (C=O) groups excluding carboxylic acids is 2. The second kappa shape index (κ2) is 7.93. The van der Waals surface area contributed by atoms with E-state index in [1.807, 2.05) is 0 Å². The van der Waals surface area contributed by atoms with Crippen molar-refractivity contribution in [3.63, 3.8) is 0 Å². The van der Waals surface area contributed by atoms with Crippen molar-refractivity contribution < 1.29 is 14.7 Å². The van der Waals surface area contributed by atoms with Gasteiger partial charge in [0.1, 0.15) is 0 Å². The molecule has 30 heavy (non-hydrogen) atoms. The second-order valence-corrected chi connectivity index (χ2v) is 8.74. The maximum Gasteiger partial charge on any atom is 0.329 e. The Hall–Kier alpha value is -2.57. The van der Waals surface area contributed by atoms with E-state index >= 15 is 0 Å². The molecule has 158 valence electrons. The quantitative estimate of drug-likeness (QED) is 0.675. The highest BCUT2D eigenvalue weighted by Crippen LogP contribution is 2.40. The van der Waals surface area contributed by atoms with E-state index in [2.05, 4.69) is 24.5 Å². The first kappa shape index (κ1) is 20.7. The third kappa shape index (κ3) is 3.44. The molecule has 0 saturated heterocycles. The molecule has 4 rings (SSSR count). The van der Waals surface area contributed by atoms with Gasteiger partial charge in [0.05, 0.1) is 5.69 Å². The number of nitrogens with zero attached hydrogens (tertiary/aromatic N) is 1. The minimum atomic E-state index is -2.19. The van der Waals surface area contributed by atoms with Gasteiger partial charge in [-0.2, -0.15) is 0 Å². The standard InChI is InChI=1S/C23H26ClN3O3/c1-14-6-5-9-19(15(14)2)25-21(28)23(30)18-7-3-4-8-20(18)26-22(29)27(23)17-12-10-16(24)11-13-17/h3-4,7-8,10-15,19,30H,5-6,9H2,1-2H3,(H,25,28)(H,26,29). The molecule has 3 amide bonds. The highest BCUT2D eigenvalue weighted by Gasteiger charge is 2.52. The number of hydrogen-bond acceptors (Lipinski definition) is 3. The fourth-order valence-electron chi connectivity index (χ4n) is 4.51. The van der Waals surface area contributed by atoms with Crippen LogP contribution in [-0.2, 0) is 10.5 Å². The normalized spacial score (nSPS) is 28.5. The van der Waals surface area contributed by atoms with E-state index in [0.29, 0.717) is 27.9 Å². The fraction of sp³-hybridized carbons (Fsp3) is 0.391. The van der Waals surface area contributed by atoms with Gasteiger partial charge in [-0.3, -0.25) is 9.69 Å². The van der Waals surface area contributed by atoms with E-state index in [9.17, 15) is 14.7 Å². The monoisotopic (exact) mass is 427 g/mol. The molecule has 7 heteroatoms. The van der Waals surface area contributed by atoms with Crippen LogP contribution in [0.3, 0.4) is 0 Å². The van der Waals surface area contributed by atoms with Gasteiger partial charge < -0.3 is 15.7 Å². The van der Waals surface area contributed by atoms with Crippen LogP contribution in [0.5, 0.6) is 0 Å². The van der Waals surface area contributed by atoms with Gasteiger partial charge in [0, 0.05) is 22.3 Å². The van der Waals surface area contributed by atoms with E-state index in [0.717, 1.165) is 24.2 Å². The number of carbonyl (C=O) groups is 2. The molecule has 4 unspecified atom stereocenters. The third-order valence-corrected chi connectivity index (χ3v) is 6.75. The maximum absolute atomic E-state index is 13.6. The van der Waals surface area contributed by atoms with E-state index < -0.39 is 17.7 Å². The van der Waals surface area contributed by atoms with Gasteiger partial charge in [-0.1, -0.05) is 56.5 Å². The lowest BCUT2D eigenvalue weighted by atomic mass is 9.78. The molecule has 3 N–H and O–H groups in total. The van der Waals surface area contributed by atoms with Crippen molar-refractivity contribution in [3.05, 3.63) is 59.1 Å². The summed E-state index contributed by atoms with van der Waals surface area (Å²) < 4.78 is 0. The van der Waals surface area contributed by atoms with E-state index in [1.54, 1.807) is 48.5 Å². The zero-order valence-electron chi connectivity index (χ0n) is 17.1. The molecule has 0 spiro atoms. The minimum Gasteiger partial charge on any atom is -0.359 e. The first-order valence-electron chi connectivity index (χ1n) is 10.3. The summed E-state index contributed by atoms with van der Waals surface area (Å²) in [5, 5.41) is 18.2. The zero-order valence-corrected chi connectivity index (χ0v) is 17.8. The predicted molar refractivity (Wildman–Crippen MR) is 117 cm³/mol. The molecule has 0 aromatic heterocycles. The number of para-hydroxylation sites is 1. The summed E-state index contributed by atoms with van der Waals surface area (Å²) in [7, 11) is 0.